The number of nitrogens with zero attached hydrogens (tertiary/aromatic N) is 1. The van der Waals surface area contributed by atoms with Gasteiger partial charge in [-0.3, -0.25) is 0 Å². The van der Waals surface area contributed by atoms with Gasteiger partial charge in [0, 0.05) is 24.3 Å². The first kappa shape index (κ1) is 14.6. The van der Waals surface area contributed by atoms with Crippen LogP contribution in [0.1, 0.15) is 12.0 Å². The molecule has 0 radical (unpaired) electrons. The molecule has 1 aliphatic heterocycles. The third-order valence-electron chi connectivity index (χ3n) is 3.14. The van der Waals surface area contributed by atoms with Gasteiger partial charge in [0.25, 0.3) is 0 Å². The molecule has 1 aromatic rings. The van der Waals surface area contributed by atoms with E-state index in [-0.39, 0.29) is 16.5 Å². The second-order valence-corrected chi connectivity index (χ2v) is 7.67. The minimum Gasteiger partial charge on any atom is -0.389 e. The average molecular weight is 319 g/mol. The molecule has 104 valence electrons. The van der Waals surface area contributed by atoms with E-state index in [0.717, 1.165) is 5.69 Å². The Balaban J connectivity index is 2.23. The molecule has 1 fully saturated rings. The van der Waals surface area contributed by atoms with Gasteiger partial charge in [0.05, 0.1) is 16.5 Å². The predicted molar refractivity (Wildman–Crippen MR) is 82.8 cm³/mol. The normalized spacial score (nSPS) is 18.9. The van der Waals surface area contributed by atoms with Crippen molar-refractivity contribution in [1.29, 1.82) is 0 Å². The number of benzene rings is 1. The van der Waals surface area contributed by atoms with Gasteiger partial charge in [0.15, 0.2) is 9.84 Å². The van der Waals surface area contributed by atoms with E-state index in [4.69, 9.17) is 29.6 Å². The van der Waals surface area contributed by atoms with Crippen LogP contribution in [0.3, 0.4) is 0 Å². The summed E-state index contributed by atoms with van der Waals surface area (Å²) in [6.45, 7) is 1.20. The summed E-state index contributed by atoms with van der Waals surface area (Å²) in [5.74, 6) is 0.434. The van der Waals surface area contributed by atoms with E-state index < -0.39 is 9.84 Å². The number of thiocarbonyl (C=S) groups is 1. The third-order valence-corrected chi connectivity index (χ3v) is 5.39. The molecular formula is C12H15ClN2O2S2. The summed E-state index contributed by atoms with van der Waals surface area (Å²) in [6, 6.07) is 5.44. The third kappa shape index (κ3) is 3.58. The van der Waals surface area contributed by atoms with Gasteiger partial charge in [-0.05, 0) is 24.6 Å². The summed E-state index contributed by atoms with van der Waals surface area (Å²) in [6.07, 6.45) is 0.636. The highest BCUT2D eigenvalue weighted by Gasteiger charge is 2.19. The second kappa shape index (κ2) is 5.64. The van der Waals surface area contributed by atoms with Gasteiger partial charge in [0.1, 0.15) is 4.99 Å². The van der Waals surface area contributed by atoms with E-state index in [2.05, 4.69) is 0 Å². The molecule has 0 atom stereocenters. The molecule has 1 aliphatic rings. The van der Waals surface area contributed by atoms with Gasteiger partial charge in [0.2, 0.25) is 0 Å². The lowest BCUT2D eigenvalue weighted by Gasteiger charge is -2.22. The van der Waals surface area contributed by atoms with Crippen LogP contribution in [0.4, 0.5) is 5.69 Å². The molecular weight excluding hydrogens is 304 g/mol. The lowest BCUT2D eigenvalue weighted by atomic mass is 10.2. The fraction of sp³-hybridized carbons (Fsp3) is 0.417. The minimum absolute atomic E-state index is 0.182. The van der Waals surface area contributed by atoms with Gasteiger partial charge in [-0.25, -0.2) is 8.42 Å². The van der Waals surface area contributed by atoms with E-state index in [1.165, 1.54) is 0 Å². The summed E-state index contributed by atoms with van der Waals surface area (Å²) < 4.78 is 23.1. The second-order valence-electron chi connectivity index (χ2n) is 4.52. The number of anilines is 1. The maximum atomic E-state index is 11.6. The summed E-state index contributed by atoms with van der Waals surface area (Å²) >= 11 is 11.0. The summed E-state index contributed by atoms with van der Waals surface area (Å²) in [5, 5.41) is 0.497. The Morgan fingerprint density at radius 2 is 2.05 bits per heavy atom. The lowest BCUT2D eigenvalue weighted by molar-refractivity contribution is 0.597. The van der Waals surface area contributed by atoms with Gasteiger partial charge >= 0.3 is 0 Å². The van der Waals surface area contributed by atoms with Crippen molar-refractivity contribution >= 4 is 44.3 Å². The quantitative estimate of drug-likeness (QED) is 0.839. The number of hydrogen-bond acceptors (Lipinski definition) is 4. The molecule has 0 aromatic heterocycles. The number of sulfone groups is 1. The number of halogens is 1. The fourth-order valence-electron chi connectivity index (χ4n) is 2.10. The molecule has 19 heavy (non-hydrogen) atoms. The standard InChI is InChI=1S/C12H15ClN2O2S2/c13-11-8-9(2-3-10(11)12(14)18)15-4-1-6-19(16,17)7-5-15/h2-3,8H,1,4-7H2,(H2,14,18). The monoisotopic (exact) mass is 318 g/mol. The number of hydrogen-bond donors (Lipinski definition) is 1. The van der Waals surface area contributed by atoms with Crippen LogP contribution in [-0.4, -0.2) is 38.0 Å². The van der Waals surface area contributed by atoms with Crippen molar-refractivity contribution in [2.24, 2.45) is 5.73 Å². The van der Waals surface area contributed by atoms with Crippen LogP contribution in [0.2, 0.25) is 5.02 Å². The highest BCUT2D eigenvalue weighted by Crippen LogP contribution is 2.25. The minimum atomic E-state index is -2.91. The molecule has 7 heteroatoms. The van der Waals surface area contributed by atoms with Crippen LogP contribution >= 0.6 is 23.8 Å². The Morgan fingerprint density at radius 1 is 1.32 bits per heavy atom. The molecule has 2 rings (SSSR count). The first-order valence-corrected chi connectivity index (χ1v) is 8.54. The Labute approximate surface area is 123 Å². The van der Waals surface area contributed by atoms with Crippen molar-refractivity contribution in [1.82, 2.24) is 0 Å². The zero-order valence-corrected chi connectivity index (χ0v) is 12.7. The smallest absolute Gasteiger partial charge is 0.152 e. The van der Waals surface area contributed by atoms with Crippen LogP contribution in [0.5, 0.6) is 0 Å². The molecule has 0 unspecified atom stereocenters. The van der Waals surface area contributed by atoms with Crippen molar-refractivity contribution in [3.63, 3.8) is 0 Å². The summed E-state index contributed by atoms with van der Waals surface area (Å²) in [7, 11) is -2.91. The molecule has 0 amide bonds. The van der Waals surface area contributed by atoms with Crippen LogP contribution < -0.4 is 10.6 Å². The van der Waals surface area contributed by atoms with Gasteiger partial charge in [-0.15, -0.1) is 0 Å². The zero-order valence-electron chi connectivity index (χ0n) is 10.3. The molecule has 0 bridgehead atoms. The van der Waals surface area contributed by atoms with Crippen molar-refractivity contribution in [3.05, 3.63) is 28.8 Å². The Kier molecular flexibility index (Phi) is 4.32. The molecule has 2 N–H and O–H groups in total. The Hall–Kier alpha value is -0.850. The van der Waals surface area contributed by atoms with E-state index in [1.54, 1.807) is 12.1 Å². The van der Waals surface area contributed by atoms with Gasteiger partial charge in [-0.1, -0.05) is 23.8 Å². The Bertz CT molecular complexity index is 602. The first-order valence-electron chi connectivity index (χ1n) is 5.94. The number of nitrogens with two attached hydrogens (primary N) is 1. The maximum Gasteiger partial charge on any atom is 0.152 e. The van der Waals surface area contributed by atoms with Crippen molar-refractivity contribution in [3.8, 4) is 0 Å². The van der Waals surface area contributed by atoms with E-state index >= 15 is 0 Å². The van der Waals surface area contributed by atoms with Crippen molar-refractivity contribution < 1.29 is 8.42 Å². The molecule has 1 saturated heterocycles. The van der Waals surface area contributed by atoms with Crippen LogP contribution in [-0.2, 0) is 9.84 Å². The molecule has 0 aliphatic carbocycles. The van der Waals surface area contributed by atoms with E-state index in [9.17, 15) is 8.42 Å². The highest BCUT2D eigenvalue weighted by molar-refractivity contribution is 7.91. The van der Waals surface area contributed by atoms with Crippen LogP contribution in [0.25, 0.3) is 0 Å². The van der Waals surface area contributed by atoms with E-state index in [0.29, 0.717) is 30.1 Å². The topological polar surface area (TPSA) is 63.4 Å². The molecule has 1 aromatic carbocycles. The summed E-state index contributed by atoms with van der Waals surface area (Å²) in [5.41, 5.74) is 7.10. The summed E-state index contributed by atoms with van der Waals surface area (Å²) in [4.78, 5) is 2.29. The van der Waals surface area contributed by atoms with Gasteiger partial charge < -0.3 is 10.6 Å². The molecule has 4 nitrogen and oxygen atoms in total. The fourth-order valence-corrected chi connectivity index (χ4v) is 3.88. The largest absolute Gasteiger partial charge is 0.389 e. The van der Waals surface area contributed by atoms with Gasteiger partial charge in [-0.2, -0.15) is 0 Å². The molecule has 1 heterocycles. The average Bonchev–Trinajstić information content (AvgIpc) is 2.49. The van der Waals surface area contributed by atoms with Crippen LogP contribution in [0, 0.1) is 0 Å². The molecule has 0 saturated carbocycles. The first-order chi connectivity index (χ1) is 8.89. The maximum absolute atomic E-state index is 11.6. The van der Waals surface area contributed by atoms with E-state index in [1.807, 2.05) is 11.0 Å². The zero-order chi connectivity index (χ0) is 14.0. The highest BCUT2D eigenvalue weighted by atomic mass is 35.5. The predicted octanol–water partition coefficient (Wildman–Crippen LogP) is 1.60. The van der Waals surface area contributed by atoms with Crippen molar-refractivity contribution in [2.45, 2.75) is 6.42 Å². The lowest BCUT2D eigenvalue weighted by Crippen LogP contribution is -2.26. The van der Waals surface area contributed by atoms with Crippen LogP contribution in [0.15, 0.2) is 18.2 Å². The Morgan fingerprint density at radius 3 is 2.68 bits per heavy atom. The SMILES string of the molecule is NC(=S)c1ccc(N2CCCS(=O)(=O)CC2)cc1Cl. The molecule has 0 spiro atoms. The number of rotatable bonds is 2. The van der Waals surface area contributed by atoms with Crippen molar-refractivity contribution in [2.75, 3.05) is 29.5 Å².